The Morgan fingerprint density at radius 1 is 1.33 bits per heavy atom. The van der Waals surface area contributed by atoms with Crippen molar-refractivity contribution < 1.29 is 9.90 Å². The van der Waals surface area contributed by atoms with Crippen LogP contribution < -0.4 is 10.6 Å². The third-order valence-corrected chi connectivity index (χ3v) is 3.37. The number of aliphatic hydroxyl groups excluding tert-OH is 1. The van der Waals surface area contributed by atoms with Crippen LogP contribution in [0, 0.1) is 0 Å². The maximum Gasteiger partial charge on any atom is 0.315 e. The molecule has 1 aromatic rings. The normalized spacial score (nSPS) is 16.1. The molecular formula is C13H17ClN2O2. The fourth-order valence-electron chi connectivity index (χ4n) is 1.92. The topological polar surface area (TPSA) is 61.4 Å². The van der Waals surface area contributed by atoms with Crippen molar-refractivity contribution in [3.63, 3.8) is 0 Å². The maximum absolute atomic E-state index is 11.7. The van der Waals surface area contributed by atoms with Crippen LogP contribution in [0.1, 0.15) is 24.8 Å². The van der Waals surface area contributed by atoms with E-state index in [1.165, 1.54) is 0 Å². The lowest BCUT2D eigenvalue weighted by molar-refractivity contribution is 0.233. The molecule has 1 aliphatic carbocycles. The number of aliphatic hydroxyl groups is 1. The van der Waals surface area contributed by atoms with Gasteiger partial charge in [0, 0.05) is 18.2 Å². The molecule has 0 heterocycles. The van der Waals surface area contributed by atoms with Gasteiger partial charge >= 0.3 is 6.03 Å². The predicted octanol–water partition coefficient (Wildman–Crippen LogP) is 2.01. The minimum atomic E-state index is -0.228. The van der Waals surface area contributed by atoms with Crippen LogP contribution in [-0.4, -0.2) is 24.3 Å². The molecule has 1 aromatic carbocycles. The van der Waals surface area contributed by atoms with Gasteiger partial charge in [-0.2, -0.15) is 0 Å². The van der Waals surface area contributed by atoms with Crippen molar-refractivity contribution in [2.75, 3.05) is 13.2 Å². The summed E-state index contributed by atoms with van der Waals surface area (Å²) in [6.45, 7) is 0.571. The van der Waals surface area contributed by atoms with Gasteiger partial charge in [-0.05, 0) is 37.0 Å². The van der Waals surface area contributed by atoms with Gasteiger partial charge in [0.2, 0.25) is 0 Å². The van der Waals surface area contributed by atoms with Crippen molar-refractivity contribution >= 4 is 17.6 Å². The Morgan fingerprint density at radius 3 is 2.56 bits per heavy atom. The molecule has 0 atom stereocenters. The Bertz CT molecular complexity index is 416. The largest absolute Gasteiger partial charge is 0.396 e. The first-order valence-electron chi connectivity index (χ1n) is 6.09. The van der Waals surface area contributed by atoms with Crippen LogP contribution in [0.3, 0.4) is 0 Å². The first-order valence-corrected chi connectivity index (χ1v) is 6.47. The van der Waals surface area contributed by atoms with Gasteiger partial charge in [-0.1, -0.05) is 23.7 Å². The van der Waals surface area contributed by atoms with Crippen molar-refractivity contribution in [2.45, 2.75) is 24.8 Å². The standard InChI is InChI=1S/C13H17ClN2O2/c14-11-4-2-10(3-5-11)13(6-7-13)16-12(18)15-8-1-9-17/h2-5,17H,1,6-9H2,(H2,15,16,18). The number of hydrogen-bond donors (Lipinski definition) is 3. The molecule has 0 unspecified atom stereocenters. The minimum Gasteiger partial charge on any atom is -0.396 e. The molecule has 0 radical (unpaired) electrons. The number of urea groups is 1. The molecule has 0 saturated heterocycles. The lowest BCUT2D eigenvalue weighted by Crippen LogP contribution is -2.42. The van der Waals surface area contributed by atoms with Crippen LogP contribution >= 0.6 is 11.6 Å². The van der Waals surface area contributed by atoms with E-state index in [1.54, 1.807) is 0 Å². The summed E-state index contributed by atoms with van der Waals surface area (Å²) in [5, 5.41) is 15.1. The summed E-state index contributed by atoms with van der Waals surface area (Å²) in [7, 11) is 0. The van der Waals surface area contributed by atoms with E-state index >= 15 is 0 Å². The fourth-order valence-corrected chi connectivity index (χ4v) is 2.05. The van der Waals surface area contributed by atoms with E-state index in [1.807, 2.05) is 24.3 Å². The summed E-state index contributed by atoms with van der Waals surface area (Å²) in [4.78, 5) is 11.7. The van der Waals surface area contributed by atoms with E-state index in [0.717, 1.165) is 18.4 Å². The molecule has 5 heteroatoms. The van der Waals surface area contributed by atoms with Crippen molar-refractivity contribution in [1.82, 2.24) is 10.6 Å². The Hall–Kier alpha value is -1.26. The number of rotatable bonds is 5. The van der Waals surface area contributed by atoms with E-state index in [4.69, 9.17) is 16.7 Å². The van der Waals surface area contributed by atoms with E-state index in [-0.39, 0.29) is 18.2 Å². The summed E-state index contributed by atoms with van der Waals surface area (Å²) in [5.74, 6) is 0. The van der Waals surface area contributed by atoms with Crippen molar-refractivity contribution in [2.24, 2.45) is 0 Å². The lowest BCUT2D eigenvalue weighted by Gasteiger charge is -2.18. The zero-order valence-electron chi connectivity index (χ0n) is 10.1. The molecule has 0 bridgehead atoms. The molecule has 0 spiro atoms. The Balaban J connectivity index is 1.92. The van der Waals surface area contributed by atoms with Crippen LogP contribution in [0.5, 0.6) is 0 Å². The highest BCUT2D eigenvalue weighted by Crippen LogP contribution is 2.45. The summed E-state index contributed by atoms with van der Waals surface area (Å²) >= 11 is 5.85. The van der Waals surface area contributed by atoms with E-state index in [0.29, 0.717) is 18.0 Å². The monoisotopic (exact) mass is 268 g/mol. The van der Waals surface area contributed by atoms with Crippen molar-refractivity contribution in [1.29, 1.82) is 0 Å². The second-order valence-corrected chi connectivity index (χ2v) is 4.98. The van der Waals surface area contributed by atoms with Gasteiger partial charge in [-0.3, -0.25) is 0 Å². The van der Waals surface area contributed by atoms with Gasteiger partial charge in [0.15, 0.2) is 0 Å². The van der Waals surface area contributed by atoms with Gasteiger partial charge in [0.05, 0.1) is 5.54 Å². The molecule has 0 aliphatic heterocycles. The average Bonchev–Trinajstić information content (AvgIpc) is 3.11. The molecule has 18 heavy (non-hydrogen) atoms. The summed E-state index contributed by atoms with van der Waals surface area (Å²) in [6.07, 6.45) is 2.46. The number of carbonyl (C=O) groups excluding carboxylic acids is 1. The number of amides is 2. The predicted molar refractivity (Wildman–Crippen MR) is 70.6 cm³/mol. The summed E-state index contributed by atoms with van der Waals surface area (Å²) in [6, 6.07) is 7.38. The number of hydrogen-bond acceptors (Lipinski definition) is 2. The smallest absolute Gasteiger partial charge is 0.315 e. The van der Waals surface area contributed by atoms with Crippen molar-refractivity contribution in [3.05, 3.63) is 34.9 Å². The average molecular weight is 269 g/mol. The zero-order valence-corrected chi connectivity index (χ0v) is 10.8. The third kappa shape index (κ3) is 3.15. The molecular weight excluding hydrogens is 252 g/mol. The Morgan fingerprint density at radius 2 is 2.00 bits per heavy atom. The summed E-state index contributed by atoms with van der Waals surface area (Å²) < 4.78 is 0. The second-order valence-electron chi connectivity index (χ2n) is 4.55. The van der Waals surface area contributed by atoms with Gasteiger partial charge < -0.3 is 15.7 Å². The minimum absolute atomic E-state index is 0.0859. The van der Waals surface area contributed by atoms with Crippen LogP contribution in [0.15, 0.2) is 24.3 Å². The number of benzene rings is 1. The molecule has 98 valence electrons. The summed E-state index contributed by atoms with van der Waals surface area (Å²) in [5.41, 5.74) is 0.859. The van der Waals surface area contributed by atoms with Crippen LogP contribution in [-0.2, 0) is 5.54 Å². The van der Waals surface area contributed by atoms with Gasteiger partial charge in [0.1, 0.15) is 0 Å². The molecule has 2 amide bonds. The first-order chi connectivity index (χ1) is 8.66. The van der Waals surface area contributed by atoms with E-state index in [2.05, 4.69) is 10.6 Å². The SMILES string of the molecule is O=C(NCCCO)NC1(c2ccc(Cl)cc2)CC1. The van der Waals surface area contributed by atoms with E-state index < -0.39 is 0 Å². The first kappa shape index (κ1) is 13.2. The van der Waals surface area contributed by atoms with Crippen LogP contribution in [0.4, 0.5) is 4.79 Å². The van der Waals surface area contributed by atoms with Gasteiger partial charge in [-0.15, -0.1) is 0 Å². The zero-order chi connectivity index (χ0) is 13.0. The number of carbonyl (C=O) groups is 1. The third-order valence-electron chi connectivity index (χ3n) is 3.12. The molecule has 1 fully saturated rings. The lowest BCUT2D eigenvalue weighted by atomic mass is 10.1. The molecule has 2 rings (SSSR count). The fraction of sp³-hybridized carbons (Fsp3) is 0.462. The molecule has 3 N–H and O–H groups in total. The second kappa shape index (κ2) is 5.59. The quantitative estimate of drug-likeness (QED) is 0.716. The van der Waals surface area contributed by atoms with Gasteiger partial charge in [-0.25, -0.2) is 4.79 Å². The van der Waals surface area contributed by atoms with Gasteiger partial charge in [0.25, 0.3) is 0 Å². The van der Waals surface area contributed by atoms with Crippen LogP contribution in [0.2, 0.25) is 5.02 Å². The highest BCUT2D eigenvalue weighted by atomic mass is 35.5. The van der Waals surface area contributed by atoms with Crippen molar-refractivity contribution in [3.8, 4) is 0 Å². The Kier molecular flexibility index (Phi) is 4.09. The maximum atomic E-state index is 11.7. The molecule has 1 aliphatic rings. The molecule has 0 aromatic heterocycles. The number of halogens is 1. The van der Waals surface area contributed by atoms with E-state index in [9.17, 15) is 4.79 Å². The molecule has 1 saturated carbocycles. The highest BCUT2D eigenvalue weighted by Gasteiger charge is 2.45. The van der Waals surface area contributed by atoms with Crippen LogP contribution in [0.25, 0.3) is 0 Å². The highest BCUT2D eigenvalue weighted by molar-refractivity contribution is 6.30. The number of nitrogens with one attached hydrogen (secondary N) is 2. The molecule has 4 nitrogen and oxygen atoms in total. The Labute approximate surface area is 111 Å².